The number of hydrazone groups is 1. The Morgan fingerprint density at radius 2 is 1.86 bits per heavy atom. The lowest BCUT2D eigenvalue weighted by Gasteiger charge is -2.34. The van der Waals surface area contributed by atoms with E-state index in [-0.39, 0.29) is 11.3 Å². The van der Waals surface area contributed by atoms with E-state index < -0.39 is 0 Å². The smallest absolute Gasteiger partial charge is 0.267 e. The van der Waals surface area contributed by atoms with Crippen LogP contribution in [0.2, 0.25) is 0 Å². The molecule has 1 aromatic carbocycles. The van der Waals surface area contributed by atoms with Crippen LogP contribution in [0.25, 0.3) is 0 Å². The first-order valence-electron chi connectivity index (χ1n) is 10.1. The average molecular weight is 411 g/mol. The quantitative estimate of drug-likeness (QED) is 0.412. The Kier molecular flexibility index (Phi) is 6.73. The second-order valence-corrected chi connectivity index (χ2v) is 9.83. The second-order valence-electron chi connectivity index (χ2n) is 8.89. The maximum atomic E-state index is 12.5. The molecule has 0 bridgehead atoms. The van der Waals surface area contributed by atoms with E-state index in [9.17, 15) is 4.79 Å². The molecule has 1 saturated carbocycles. The Morgan fingerprint density at radius 3 is 2.48 bits per heavy atom. The van der Waals surface area contributed by atoms with Crippen LogP contribution in [0.3, 0.4) is 0 Å². The number of amides is 1. The standard InChI is InChI=1S/C23H30N4OS/c1-15-10-20(13-23(4,5)12-15)26-27-21(28)19-8-6-18(7-9-19)14-29-22-24-16(2)11-17(3)25-22/h6-9,11,15H,10,12-14H2,1-5H3,(H,27,28)/b26-20-. The summed E-state index contributed by atoms with van der Waals surface area (Å²) in [7, 11) is 0. The third-order valence-corrected chi connectivity index (χ3v) is 5.95. The molecule has 0 aliphatic heterocycles. The molecule has 29 heavy (non-hydrogen) atoms. The summed E-state index contributed by atoms with van der Waals surface area (Å²) in [6, 6.07) is 9.62. The molecule has 0 radical (unpaired) electrons. The number of carbonyl (C=O) groups is 1. The van der Waals surface area contributed by atoms with Crippen LogP contribution in [-0.4, -0.2) is 21.6 Å². The van der Waals surface area contributed by atoms with Crippen molar-refractivity contribution in [2.45, 2.75) is 64.8 Å². The highest BCUT2D eigenvalue weighted by Crippen LogP contribution is 2.36. The fourth-order valence-electron chi connectivity index (χ4n) is 4.05. The van der Waals surface area contributed by atoms with Gasteiger partial charge in [0.25, 0.3) is 5.91 Å². The predicted octanol–water partition coefficient (Wildman–Crippen LogP) is 5.32. The van der Waals surface area contributed by atoms with Crippen molar-refractivity contribution in [3.63, 3.8) is 0 Å². The number of thioether (sulfide) groups is 1. The molecule has 1 aliphatic carbocycles. The summed E-state index contributed by atoms with van der Waals surface area (Å²) in [4.78, 5) is 21.4. The van der Waals surface area contributed by atoms with Crippen molar-refractivity contribution in [2.75, 3.05) is 0 Å². The van der Waals surface area contributed by atoms with Gasteiger partial charge in [-0.3, -0.25) is 4.79 Å². The van der Waals surface area contributed by atoms with Gasteiger partial charge in [0.15, 0.2) is 5.16 Å². The lowest BCUT2D eigenvalue weighted by Crippen LogP contribution is -2.30. The van der Waals surface area contributed by atoms with Crippen molar-refractivity contribution in [3.8, 4) is 0 Å². The highest BCUT2D eigenvalue weighted by molar-refractivity contribution is 7.98. The summed E-state index contributed by atoms with van der Waals surface area (Å²) in [5.74, 6) is 1.21. The molecule has 1 aliphatic rings. The van der Waals surface area contributed by atoms with Gasteiger partial charge in [-0.05, 0) is 68.2 Å². The summed E-state index contributed by atoms with van der Waals surface area (Å²) in [6.07, 6.45) is 3.10. The zero-order chi connectivity index (χ0) is 21.0. The summed E-state index contributed by atoms with van der Waals surface area (Å²) in [5.41, 5.74) is 7.78. The van der Waals surface area contributed by atoms with Crippen molar-refractivity contribution < 1.29 is 4.79 Å². The third-order valence-electron chi connectivity index (χ3n) is 5.03. The molecule has 154 valence electrons. The van der Waals surface area contributed by atoms with Gasteiger partial charge < -0.3 is 0 Å². The van der Waals surface area contributed by atoms with E-state index in [0.717, 1.165) is 46.4 Å². The number of hydrogen-bond acceptors (Lipinski definition) is 5. The van der Waals surface area contributed by atoms with Gasteiger partial charge in [0.05, 0.1) is 0 Å². The van der Waals surface area contributed by atoms with Gasteiger partial charge in [0.1, 0.15) is 0 Å². The minimum Gasteiger partial charge on any atom is -0.267 e. The molecule has 1 atom stereocenters. The molecule has 3 rings (SSSR count). The highest BCUT2D eigenvalue weighted by Gasteiger charge is 2.29. The van der Waals surface area contributed by atoms with Gasteiger partial charge in [-0.2, -0.15) is 5.10 Å². The van der Waals surface area contributed by atoms with E-state index in [1.54, 1.807) is 11.8 Å². The van der Waals surface area contributed by atoms with Crippen molar-refractivity contribution in [1.82, 2.24) is 15.4 Å². The van der Waals surface area contributed by atoms with E-state index in [2.05, 4.69) is 41.3 Å². The molecule has 0 spiro atoms. The fourth-order valence-corrected chi connectivity index (χ4v) is 4.96. The average Bonchev–Trinajstić information content (AvgIpc) is 2.62. The number of rotatable bonds is 5. The Balaban J connectivity index is 1.56. The first-order chi connectivity index (χ1) is 13.7. The monoisotopic (exact) mass is 410 g/mol. The van der Waals surface area contributed by atoms with Crippen LogP contribution < -0.4 is 5.43 Å². The van der Waals surface area contributed by atoms with Crippen LogP contribution in [0.5, 0.6) is 0 Å². The molecule has 1 N–H and O–H groups in total. The van der Waals surface area contributed by atoms with Crippen LogP contribution in [0.15, 0.2) is 40.6 Å². The first-order valence-corrected chi connectivity index (χ1v) is 11.1. The van der Waals surface area contributed by atoms with Gasteiger partial charge in [0, 0.05) is 28.4 Å². The zero-order valence-electron chi connectivity index (χ0n) is 18.0. The molecule has 1 unspecified atom stereocenters. The number of aryl methyl sites for hydroxylation is 2. The largest absolute Gasteiger partial charge is 0.271 e. The van der Waals surface area contributed by atoms with Gasteiger partial charge in [-0.1, -0.05) is 44.7 Å². The topological polar surface area (TPSA) is 67.2 Å². The molecule has 1 amide bonds. The summed E-state index contributed by atoms with van der Waals surface area (Å²) in [6.45, 7) is 10.7. The Morgan fingerprint density at radius 1 is 1.21 bits per heavy atom. The van der Waals surface area contributed by atoms with Crippen LogP contribution >= 0.6 is 11.8 Å². The lowest BCUT2D eigenvalue weighted by molar-refractivity contribution is 0.0954. The third kappa shape index (κ3) is 6.39. The van der Waals surface area contributed by atoms with Gasteiger partial charge in [-0.15, -0.1) is 0 Å². The van der Waals surface area contributed by atoms with E-state index in [1.165, 1.54) is 6.42 Å². The van der Waals surface area contributed by atoms with Gasteiger partial charge in [0.2, 0.25) is 0 Å². The summed E-state index contributed by atoms with van der Waals surface area (Å²) >= 11 is 1.60. The van der Waals surface area contributed by atoms with Crippen LogP contribution in [0.4, 0.5) is 0 Å². The maximum Gasteiger partial charge on any atom is 0.271 e. The molecule has 6 heteroatoms. The van der Waals surface area contributed by atoms with Crippen LogP contribution in [0.1, 0.15) is 67.3 Å². The normalized spacial score (nSPS) is 19.9. The molecular weight excluding hydrogens is 380 g/mol. The minimum absolute atomic E-state index is 0.162. The molecule has 0 saturated heterocycles. The van der Waals surface area contributed by atoms with Crippen molar-refractivity contribution >= 4 is 23.4 Å². The highest BCUT2D eigenvalue weighted by atomic mass is 32.2. The molecule has 1 aromatic heterocycles. The maximum absolute atomic E-state index is 12.5. The van der Waals surface area contributed by atoms with Crippen molar-refractivity contribution in [2.24, 2.45) is 16.4 Å². The lowest BCUT2D eigenvalue weighted by atomic mass is 9.72. The Hall–Kier alpha value is -2.21. The molecule has 5 nitrogen and oxygen atoms in total. The van der Waals surface area contributed by atoms with Crippen LogP contribution in [-0.2, 0) is 5.75 Å². The number of hydrogen-bond donors (Lipinski definition) is 1. The number of aromatic nitrogens is 2. The Bertz CT molecular complexity index is 885. The van der Waals surface area contributed by atoms with Gasteiger partial charge >= 0.3 is 0 Å². The van der Waals surface area contributed by atoms with Crippen LogP contribution in [0, 0.1) is 25.2 Å². The number of carbonyl (C=O) groups excluding carboxylic acids is 1. The number of nitrogens with one attached hydrogen (secondary N) is 1. The molecule has 1 fully saturated rings. The SMILES string of the molecule is Cc1cc(C)nc(SCc2ccc(C(=O)N/N=C3/CC(C)CC(C)(C)C3)cc2)n1. The second kappa shape index (κ2) is 9.08. The fraction of sp³-hybridized carbons (Fsp3) is 0.478. The molecule has 1 heterocycles. The van der Waals surface area contributed by atoms with E-state index >= 15 is 0 Å². The molecule has 2 aromatic rings. The minimum atomic E-state index is -0.162. The number of benzene rings is 1. The zero-order valence-corrected chi connectivity index (χ0v) is 18.8. The molecular formula is C23H30N4OS. The van der Waals surface area contributed by atoms with Crippen molar-refractivity contribution in [3.05, 3.63) is 52.8 Å². The van der Waals surface area contributed by atoms with Gasteiger partial charge in [-0.25, -0.2) is 15.4 Å². The predicted molar refractivity (Wildman–Crippen MR) is 119 cm³/mol. The van der Waals surface area contributed by atoms with E-state index in [1.807, 2.05) is 44.2 Å². The number of nitrogens with zero attached hydrogens (tertiary/aromatic N) is 3. The van der Waals surface area contributed by atoms with E-state index in [4.69, 9.17) is 0 Å². The first kappa shape index (κ1) is 21.5. The summed E-state index contributed by atoms with van der Waals surface area (Å²) < 4.78 is 0. The van der Waals surface area contributed by atoms with Crippen molar-refractivity contribution in [1.29, 1.82) is 0 Å². The van der Waals surface area contributed by atoms with E-state index in [0.29, 0.717) is 11.5 Å². The Labute approximate surface area is 177 Å². The summed E-state index contributed by atoms with van der Waals surface area (Å²) in [5, 5.41) is 5.20.